The zero-order valence-electron chi connectivity index (χ0n) is 22.1. The molecule has 5 aromatic carbocycles. The Bertz CT molecular complexity index is 1830. The fourth-order valence-corrected chi connectivity index (χ4v) is 6.43. The first-order valence-electron chi connectivity index (χ1n) is 13.5. The molecule has 0 amide bonds. The largest absolute Gasteiger partial charge is 0.0720 e. The van der Waals surface area contributed by atoms with Gasteiger partial charge in [0.15, 0.2) is 0 Å². The lowest BCUT2D eigenvalue weighted by Gasteiger charge is -2.20. The standard InChI is InChI=1S/C38H30/c1-24-14-17-31-29(20-24)16-19-33(31)37-26(3)34(23-35-32-18-15-25(2)21-30(32)22-36(35)37)38(27-10-6-4-7-11-27)28-12-8-5-9-13-28/h4-23,33H,1-3H3. The van der Waals surface area contributed by atoms with Gasteiger partial charge in [0.05, 0.1) is 0 Å². The number of hydrogen-bond donors (Lipinski definition) is 0. The summed E-state index contributed by atoms with van der Waals surface area (Å²) in [7, 11) is 0. The number of allylic oxidation sites excluding steroid dienone is 1. The normalized spacial score (nSPS) is 14.6. The maximum absolute atomic E-state index is 2.45. The molecule has 7 rings (SSSR count). The average Bonchev–Trinajstić information content (AvgIpc) is 3.50. The van der Waals surface area contributed by atoms with Crippen molar-refractivity contribution in [3.8, 4) is 11.1 Å². The predicted octanol–water partition coefficient (Wildman–Crippen LogP) is 7.83. The summed E-state index contributed by atoms with van der Waals surface area (Å²) >= 11 is 0. The molecule has 0 fully saturated rings. The van der Waals surface area contributed by atoms with Crippen molar-refractivity contribution < 1.29 is 0 Å². The summed E-state index contributed by atoms with van der Waals surface area (Å²) < 4.78 is 0. The van der Waals surface area contributed by atoms with E-state index >= 15 is 0 Å². The second-order valence-corrected chi connectivity index (χ2v) is 10.7. The molecular formula is C38H30. The molecule has 0 saturated heterocycles. The van der Waals surface area contributed by atoms with E-state index in [-0.39, 0.29) is 5.92 Å². The maximum atomic E-state index is 2.45. The van der Waals surface area contributed by atoms with Crippen LogP contribution >= 0.6 is 0 Å². The van der Waals surface area contributed by atoms with Gasteiger partial charge in [-0.3, -0.25) is 0 Å². The van der Waals surface area contributed by atoms with Gasteiger partial charge in [-0.15, -0.1) is 0 Å². The smallest absolute Gasteiger partial charge is 0.0287 e. The molecule has 0 N–H and O–H groups in total. The average molecular weight is 487 g/mol. The van der Waals surface area contributed by atoms with Crippen molar-refractivity contribution in [1.29, 1.82) is 0 Å². The minimum Gasteiger partial charge on any atom is -0.0720 e. The highest BCUT2D eigenvalue weighted by molar-refractivity contribution is 5.87. The minimum atomic E-state index is 0.235. The lowest BCUT2D eigenvalue weighted by Crippen LogP contribution is -2.25. The summed E-state index contributed by atoms with van der Waals surface area (Å²) in [5.74, 6) is 0.235. The van der Waals surface area contributed by atoms with Gasteiger partial charge in [0, 0.05) is 5.92 Å². The molecule has 1 unspecified atom stereocenters. The number of rotatable bonds is 3. The molecule has 0 nitrogen and oxygen atoms in total. The van der Waals surface area contributed by atoms with Crippen LogP contribution in [0.4, 0.5) is 0 Å². The third-order valence-corrected chi connectivity index (χ3v) is 8.22. The van der Waals surface area contributed by atoms with Crippen molar-refractivity contribution in [2.75, 3.05) is 0 Å². The highest BCUT2D eigenvalue weighted by Gasteiger charge is 2.26. The molecule has 2 aliphatic carbocycles. The van der Waals surface area contributed by atoms with Crippen molar-refractivity contribution in [1.82, 2.24) is 0 Å². The third kappa shape index (κ3) is 3.60. The summed E-state index contributed by atoms with van der Waals surface area (Å²) in [5.41, 5.74) is 15.9. The lowest BCUT2D eigenvalue weighted by molar-refractivity contribution is 1.01. The quantitative estimate of drug-likeness (QED) is 0.239. The molecule has 2 aliphatic rings. The van der Waals surface area contributed by atoms with E-state index in [1.165, 1.54) is 77.2 Å². The van der Waals surface area contributed by atoms with E-state index in [4.69, 9.17) is 0 Å². The van der Waals surface area contributed by atoms with Gasteiger partial charge >= 0.3 is 0 Å². The number of hydrogen-bond acceptors (Lipinski definition) is 0. The summed E-state index contributed by atoms with van der Waals surface area (Å²) in [5, 5.41) is 2.68. The van der Waals surface area contributed by atoms with Gasteiger partial charge in [0.1, 0.15) is 0 Å². The highest BCUT2D eigenvalue weighted by Crippen LogP contribution is 2.38. The molecule has 0 spiro atoms. The number of fused-ring (bicyclic) bond motifs is 4. The monoisotopic (exact) mass is 486 g/mol. The summed E-state index contributed by atoms with van der Waals surface area (Å²) in [4.78, 5) is 0. The number of benzene rings is 5. The molecule has 0 bridgehead atoms. The Hall–Kier alpha value is -4.42. The van der Waals surface area contributed by atoms with E-state index < -0.39 is 0 Å². The van der Waals surface area contributed by atoms with Crippen molar-refractivity contribution in [2.45, 2.75) is 26.7 Å². The van der Waals surface area contributed by atoms with Crippen LogP contribution in [0, 0.1) is 20.8 Å². The molecule has 1 atom stereocenters. The molecule has 182 valence electrons. The van der Waals surface area contributed by atoms with E-state index in [1.54, 1.807) is 0 Å². The highest BCUT2D eigenvalue weighted by atomic mass is 14.3. The topological polar surface area (TPSA) is 0 Å². The Kier molecular flexibility index (Phi) is 5.30. The first-order valence-corrected chi connectivity index (χ1v) is 13.5. The second kappa shape index (κ2) is 8.85. The SMILES string of the molecule is Cc1ccc2c(c1)C=c1c-2cc(=C(c2ccccc2)c2ccccc2)c(C)c1C1C=Cc2cc(C)ccc21. The summed E-state index contributed by atoms with van der Waals surface area (Å²) in [6.45, 7) is 6.70. The van der Waals surface area contributed by atoms with Crippen LogP contribution in [-0.4, -0.2) is 0 Å². The van der Waals surface area contributed by atoms with Crippen LogP contribution in [-0.2, 0) is 0 Å². The van der Waals surface area contributed by atoms with Crippen molar-refractivity contribution in [3.63, 3.8) is 0 Å². The fourth-order valence-electron chi connectivity index (χ4n) is 6.43. The first-order chi connectivity index (χ1) is 18.6. The van der Waals surface area contributed by atoms with Gasteiger partial charge in [-0.2, -0.15) is 0 Å². The fraction of sp³-hybridized carbons (Fsp3) is 0.105. The Morgan fingerprint density at radius 1 is 0.605 bits per heavy atom. The van der Waals surface area contributed by atoms with E-state index in [9.17, 15) is 0 Å². The van der Waals surface area contributed by atoms with Crippen LogP contribution in [0.25, 0.3) is 28.9 Å². The van der Waals surface area contributed by atoms with E-state index in [2.05, 4.69) is 142 Å². The van der Waals surface area contributed by atoms with Gasteiger partial charge in [-0.05, 0) is 99.0 Å². The molecule has 38 heavy (non-hydrogen) atoms. The molecule has 0 aliphatic heterocycles. The van der Waals surface area contributed by atoms with Gasteiger partial charge in [-0.25, -0.2) is 0 Å². The predicted molar refractivity (Wildman–Crippen MR) is 161 cm³/mol. The zero-order valence-corrected chi connectivity index (χ0v) is 22.1. The summed E-state index contributed by atoms with van der Waals surface area (Å²) in [6, 6.07) is 38.0. The van der Waals surface area contributed by atoms with Gasteiger partial charge in [0.2, 0.25) is 0 Å². The molecule has 0 saturated carbocycles. The molecule has 0 radical (unpaired) electrons. The van der Waals surface area contributed by atoms with E-state index in [1.807, 2.05) is 0 Å². The van der Waals surface area contributed by atoms with Crippen molar-refractivity contribution >= 4 is 17.7 Å². The van der Waals surface area contributed by atoms with Gasteiger partial charge in [0.25, 0.3) is 0 Å². The van der Waals surface area contributed by atoms with E-state index in [0.717, 1.165) is 0 Å². The van der Waals surface area contributed by atoms with E-state index in [0.29, 0.717) is 0 Å². The number of aryl methyl sites for hydroxylation is 2. The third-order valence-electron chi connectivity index (χ3n) is 8.22. The first kappa shape index (κ1) is 22.8. The lowest BCUT2D eigenvalue weighted by atomic mass is 9.83. The van der Waals surface area contributed by atoms with Gasteiger partial charge < -0.3 is 0 Å². The van der Waals surface area contributed by atoms with Crippen LogP contribution in [0.1, 0.15) is 56.0 Å². The molecule has 0 heteroatoms. The van der Waals surface area contributed by atoms with Crippen LogP contribution in [0.15, 0.2) is 109 Å². The molecular weight excluding hydrogens is 456 g/mol. The Balaban J connectivity index is 1.63. The van der Waals surface area contributed by atoms with Crippen molar-refractivity contribution in [2.24, 2.45) is 0 Å². The maximum Gasteiger partial charge on any atom is 0.0287 e. The second-order valence-electron chi connectivity index (χ2n) is 10.7. The molecule has 0 heterocycles. The van der Waals surface area contributed by atoms with Crippen LogP contribution in [0.2, 0.25) is 0 Å². The molecule has 0 aromatic heterocycles. The summed E-state index contributed by atoms with van der Waals surface area (Å²) in [6.07, 6.45) is 7.15. The van der Waals surface area contributed by atoms with Crippen LogP contribution in [0.5, 0.6) is 0 Å². The minimum absolute atomic E-state index is 0.235. The van der Waals surface area contributed by atoms with Crippen LogP contribution in [0.3, 0.4) is 0 Å². The van der Waals surface area contributed by atoms with Crippen LogP contribution < -0.4 is 10.4 Å². The Labute approximate surface area is 224 Å². The van der Waals surface area contributed by atoms with Crippen molar-refractivity contribution in [3.05, 3.63) is 170 Å². The Morgan fingerprint density at radius 3 is 1.92 bits per heavy atom. The van der Waals surface area contributed by atoms with Gasteiger partial charge in [-0.1, -0.05) is 120 Å². The Morgan fingerprint density at radius 2 is 1.24 bits per heavy atom. The molecule has 5 aromatic rings. The zero-order chi connectivity index (χ0) is 25.8.